The molecule has 9 nitrogen and oxygen atoms in total. The van der Waals surface area contributed by atoms with E-state index in [9.17, 15) is 14.0 Å². The van der Waals surface area contributed by atoms with Crippen LogP contribution in [-0.2, 0) is 22.4 Å². The first-order valence-corrected chi connectivity index (χ1v) is 13.2. The second-order valence-corrected chi connectivity index (χ2v) is 10.5. The van der Waals surface area contributed by atoms with Crippen LogP contribution in [0.5, 0.6) is 5.75 Å². The summed E-state index contributed by atoms with van der Waals surface area (Å²) < 4.78 is 31.0. The maximum atomic E-state index is 13.8. The summed E-state index contributed by atoms with van der Waals surface area (Å²) >= 11 is 6.05. The number of pyridine rings is 1. The molecule has 0 bridgehead atoms. The Labute approximate surface area is 223 Å². The lowest BCUT2D eigenvalue weighted by atomic mass is 10.1. The van der Waals surface area contributed by atoms with Crippen LogP contribution in [0.25, 0.3) is 11.1 Å². The van der Waals surface area contributed by atoms with Crippen LogP contribution in [0.1, 0.15) is 41.2 Å². The molecule has 4 heterocycles. The first-order valence-electron chi connectivity index (χ1n) is 12.8. The number of ether oxygens (including phenoxy) is 2. The summed E-state index contributed by atoms with van der Waals surface area (Å²) in [5.41, 5.74) is 2.08. The summed E-state index contributed by atoms with van der Waals surface area (Å²) in [5, 5.41) is 0.611. The lowest BCUT2D eigenvalue weighted by molar-refractivity contribution is -0.142. The molecule has 38 heavy (non-hydrogen) atoms. The topological polar surface area (TPSA) is 98.0 Å². The van der Waals surface area contributed by atoms with Crippen LogP contribution in [0, 0.1) is 0 Å². The lowest BCUT2D eigenvalue weighted by Crippen LogP contribution is -2.57. The third-order valence-electron chi connectivity index (χ3n) is 7.21. The molecule has 0 N–H and O–H groups in total. The van der Waals surface area contributed by atoms with Crippen molar-refractivity contribution in [1.82, 2.24) is 19.8 Å². The summed E-state index contributed by atoms with van der Waals surface area (Å²) in [4.78, 5) is 38.8. The molecule has 3 aliphatic rings. The van der Waals surface area contributed by atoms with Crippen molar-refractivity contribution in [1.29, 1.82) is 0 Å². The summed E-state index contributed by atoms with van der Waals surface area (Å²) in [6.45, 7) is 0.436. The van der Waals surface area contributed by atoms with E-state index in [1.165, 1.54) is 12.0 Å². The van der Waals surface area contributed by atoms with Gasteiger partial charge in [-0.3, -0.25) is 14.6 Å². The molecule has 0 spiro atoms. The number of hydrogen-bond donors (Lipinski definition) is 0. The molecule has 1 aliphatic carbocycles. The maximum Gasteiger partial charge on any atom is 0.254 e. The number of likely N-dealkylation sites (tertiary alicyclic amines) is 2. The van der Waals surface area contributed by atoms with Gasteiger partial charge in [-0.15, -0.1) is 0 Å². The number of fused-ring (bicyclic) bond motifs is 1. The quantitative estimate of drug-likeness (QED) is 0.429. The van der Waals surface area contributed by atoms with Gasteiger partial charge in [0.2, 0.25) is 5.91 Å². The van der Waals surface area contributed by atoms with E-state index in [4.69, 9.17) is 25.5 Å². The van der Waals surface area contributed by atoms with E-state index in [0.717, 1.165) is 18.5 Å². The van der Waals surface area contributed by atoms with Crippen molar-refractivity contribution >= 4 is 34.5 Å². The highest BCUT2D eigenvalue weighted by molar-refractivity contribution is 6.30. The summed E-state index contributed by atoms with van der Waals surface area (Å²) in [6.07, 6.45) is 4.07. The monoisotopic (exact) mass is 542 g/mol. The Kier molecular flexibility index (Phi) is 6.69. The molecule has 0 unspecified atom stereocenters. The summed E-state index contributed by atoms with van der Waals surface area (Å²) in [5.74, 6) is 0.299. The molecule has 3 aromatic rings. The van der Waals surface area contributed by atoms with Gasteiger partial charge in [-0.2, -0.15) is 0 Å². The number of halogens is 2. The largest absolute Gasteiger partial charge is 0.493 e. The van der Waals surface area contributed by atoms with Gasteiger partial charge in [0.15, 0.2) is 17.2 Å². The van der Waals surface area contributed by atoms with Gasteiger partial charge < -0.3 is 23.7 Å². The molecule has 1 aromatic carbocycles. The fourth-order valence-corrected chi connectivity index (χ4v) is 5.25. The predicted molar refractivity (Wildman–Crippen MR) is 136 cm³/mol. The second-order valence-electron chi connectivity index (χ2n) is 10.1. The van der Waals surface area contributed by atoms with E-state index >= 15 is 0 Å². The predicted octanol–water partition coefficient (Wildman–Crippen LogP) is 3.61. The van der Waals surface area contributed by atoms with Gasteiger partial charge in [0.05, 0.1) is 32.4 Å². The van der Waals surface area contributed by atoms with Crippen molar-refractivity contribution in [3.63, 3.8) is 0 Å². The maximum absolute atomic E-state index is 13.8. The van der Waals surface area contributed by atoms with Crippen LogP contribution in [0.15, 0.2) is 34.9 Å². The molecule has 3 fully saturated rings. The minimum absolute atomic E-state index is 0.0672. The normalized spacial score (nSPS) is 21.7. The molecule has 2 amide bonds. The number of carbonyl (C=O) groups excluding carboxylic acids is 2. The molecule has 1 saturated carbocycles. The first-order chi connectivity index (χ1) is 18.4. The van der Waals surface area contributed by atoms with Crippen LogP contribution < -0.4 is 4.74 Å². The standard InChI is InChI=1S/C27H28ClFN4O5/c1-36-23-9-15(8-21-25(23)38-24(31-21)5-2-18-10-16(28)6-7-30-18)26(34)33-14-20(37-19-3-4-19)11-22(33)27(35)32-12-17(29)13-32/h6-10,17,19-20,22H,2-5,11-14H2,1H3/t20-,22+/m1/s1. The minimum atomic E-state index is -1.01. The average molecular weight is 543 g/mol. The number of amides is 2. The molecule has 2 aliphatic heterocycles. The third kappa shape index (κ3) is 5.07. The zero-order valence-electron chi connectivity index (χ0n) is 20.9. The summed E-state index contributed by atoms with van der Waals surface area (Å²) in [7, 11) is 1.50. The van der Waals surface area contributed by atoms with Gasteiger partial charge >= 0.3 is 0 Å². The van der Waals surface area contributed by atoms with Crippen LogP contribution in [0.4, 0.5) is 4.39 Å². The number of aromatic nitrogens is 2. The molecule has 2 atom stereocenters. The first kappa shape index (κ1) is 25.1. The van der Waals surface area contributed by atoms with Gasteiger partial charge in [0.1, 0.15) is 17.7 Å². The fourth-order valence-electron chi connectivity index (χ4n) is 5.06. The van der Waals surface area contributed by atoms with Crippen LogP contribution in [-0.4, -0.2) is 82.7 Å². The highest BCUT2D eigenvalue weighted by Crippen LogP contribution is 2.34. The Hall–Kier alpha value is -3.24. The number of alkyl halides is 1. The highest BCUT2D eigenvalue weighted by Gasteiger charge is 2.46. The van der Waals surface area contributed by atoms with Gasteiger partial charge in [-0.1, -0.05) is 11.6 Å². The molecule has 2 saturated heterocycles. The van der Waals surface area contributed by atoms with Crippen molar-refractivity contribution in [3.05, 3.63) is 52.6 Å². The molecule has 2 aromatic heterocycles. The Morgan fingerprint density at radius 1 is 1.16 bits per heavy atom. The SMILES string of the molecule is COc1cc(C(=O)N2C[C@H](OC3CC3)C[C@H]2C(=O)N2CC(F)C2)cc2nc(CCc3cc(Cl)ccn3)oc12. The van der Waals surface area contributed by atoms with E-state index < -0.39 is 12.2 Å². The zero-order valence-corrected chi connectivity index (χ0v) is 21.7. The number of methoxy groups -OCH3 is 1. The number of carbonyl (C=O) groups is 2. The molecule has 200 valence electrons. The summed E-state index contributed by atoms with van der Waals surface area (Å²) in [6, 6.07) is 6.08. The second kappa shape index (κ2) is 10.1. The number of aryl methyl sites for hydroxylation is 2. The minimum Gasteiger partial charge on any atom is -0.493 e. The highest BCUT2D eigenvalue weighted by atomic mass is 35.5. The van der Waals surface area contributed by atoms with Gasteiger partial charge in [0.25, 0.3) is 5.91 Å². The van der Waals surface area contributed by atoms with Gasteiger partial charge in [-0.05, 0) is 43.5 Å². The van der Waals surface area contributed by atoms with E-state index in [1.807, 2.05) is 0 Å². The van der Waals surface area contributed by atoms with Gasteiger partial charge in [0, 0.05) is 41.9 Å². The van der Waals surface area contributed by atoms with Gasteiger partial charge in [-0.25, -0.2) is 9.37 Å². The third-order valence-corrected chi connectivity index (χ3v) is 7.44. The van der Waals surface area contributed by atoms with Crippen molar-refractivity contribution in [3.8, 4) is 5.75 Å². The molecule has 0 radical (unpaired) electrons. The van der Waals surface area contributed by atoms with Crippen LogP contribution in [0.2, 0.25) is 5.02 Å². The van der Waals surface area contributed by atoms with Crippen molar-refractivity contribution in [2.45, 2.75) is 56.5 Å². The van der Waals surface area contributed by atoms with Crippen molar-refractivity contribution < 1.29 is 27.9 Å². The Morgan fingerprint density at radius 3 is 2.68 bits per heavy atom. The smallest absolute Gasteiger partial charge is 0.254 e. The zero-order chi connectivity index (χ0) is 26.4. The van der Waals surface area contributed by atoms with E-state index in [0.29, 0.717) is 59.1 Å². The van der Waals surface area contributed by atoms with Crippen LogP contribution in [0.3, 0.4) is 0 Å². The number of rotatable bonds is 8. The van der Waals surface area contributed by atoms with Crippen LogP contribution >= 0.6 is 11.6 Å². The van der Waals surface area contributed by atoms with E-state index in [2.05, 4.69) is 9.97 Å². The Morgan fingerprint density at radius 2 is 1.97 bits per heavy atom. The number of benzene rings is 1. The Balaban J connectivity index is 1.24. The molecular weight excluding hydrogens is 515 g/mol. The Bertz CT molecular complexity index is 1370. The van der Waals surface area contributed by atoms with E-state index in [1.54, 1.807) is 35.4 Å². The number of nitrogens with zero attached hydrogens (tertiary/aromatic N) is 4. The average Bonchev–Trinajstić information content (AvgIpc) is 3.44. The molecule has 11 heteroatoms. The molecule has 6 rings (SSSR count). The fraction of sp³-hybridized carbons (Fsp3) is 0.481. The van der Waals surface area contributed by atoms with Crippen molar-refractivity contribution in [2.24, 2.45) is 0 Å². The number of hydrogen-bond acceptors (Lipinski definition) is 7. The number of oxazole rings is 1. The lowest BCUT2D eigenvalue weighted by Gasteiger charge is -2.37. The van der Waals surface area contributed by atoms with Crippen molar-refractivity contribution in [2.75, 3.05) is 26.7 Å². The van der Waals surface area contributed by atoms with E-state index in [-0.39, 0.29) is 37.1 Å². The molecular formula is C27H28ClFN4O5.